The zero-order chi connectivity index (χ0) is 15.7. The van der Waals surface area contributed by atoms with Crippen molar-refractivity contribution in [1.82, 2.24) is 19.8 Å². The Balaban J connectivity index is 1.85. The van der Waals surface area contributed by atoms with Crippen molar-refractivity contribution >= 4 is 22.9 Å². The average Bonchev–Trinajstić information content (AvgIpc) is 2.74. The molecule has 1 aromatic carbocycles. The number of amides is 1. The summed E-state index contributed by atoms with van der Waals surface area (Å²) < 4.78 is 1.89. The molecule has 116 valence electrons. The van der Waals surface area contributed by atoms with E-state index in [-0.39, 0.29) is 12.5 Å². The SMILES string of the molecule is Cn1cnc2cc(C(=O)N3CCNCC(C(=O)O)C3)ccc21. The van der Waals surface area contributed by atoms with Gasteiger partial charge in [-0.25, -0.2) is 4.98 Å². The van der Waals surface area contributed by atoms with Crippen molar-refractivity contribution in [3.05, 3.63) is 30.1 Å². The summed E-state index contributed by atoms with van der Waals surface area (Å²) in [5.74, 6) is -1.61. The lowest BCUT2D eigenvalue weighted by atomic mass is 10.1. The Hall–Kier alpha value is -2.41. The number of carbonyl (C=O) groups is 2. The van der Waals surface area contributed by atoms with Crippen molar-refractivity contribution in [1.29, 1.82) is 0 Å². The number of hydrogen-bond donors (Lipinski definition) is 2. The van der Waals surface area contributed by atoms with Gasteiger partial charge in [0.05, 0.1) is 23.3 Å². The molecular formula is C15H18N4O3. The van der Waals surface area contributed by atoms with Gasteiger partial charge in [-0.1, -0.05) is 0 Å². The molecule has 1 amide bonds. The third-order valence-corrected chi connectivity index (χ3v) is 4.00. The second-order valence-corrected chi connectivity index (χ2v) is 5.55. The molecule has 2 heterocycles. The lowest BCUT2D eigenvalue weighted by Crippen LogP contribution is -2.38. The fraction of sp³-hybridized carbons (Fsp3) is 0.400. The Bertz CT molecular complexity index is 725. The van der Waals surface area contributed by atoms with E-state index in [0.717, 1.165) is 11.0 Å². The molecule has 1 aromatic heterocycles. The number of carboxylic acids is 1. The maximum Gasteiger partial charge on any atom is 0.309 e. The Kier molecular flexibility index (Phi) is 3.81. The zero-order valence-corrected chi connectivity index (χ0v) is 12.3. The fourth-order valence-electron chi connectivity index (χ4n) is 2.71. The zero-order valence-electron chi connectivity index (χ0n) is 12.3. The normalized spacial score (nSPS) is 19.1. The fourth-order valence-corrected chi connectivity index (χ4v) is 2.71. The van der Waals surface area contributed by atoms with Gasteiger partial charge in [0.15, 0.2) is 0 Å². The Morgan fingerprint density at radius 2 is 2.23 bits per heavy atom. The molecule has 1 saturated heterocycles. The molecule has 22 heavy (non-hydrogen) atoms. The number of imidazole rings is 1. The maximum absolute atomic E-state index is 12.6. The number of carboxylic acid groups (broad SMARTS) is 1. The van der Waals surface area contributed by atoms with E-state index in [4.69, 9.17) is 0 Å². The molecule has 7 heteroatoms. The number of aliphatic carboxylic acids is 1. The summed E-state index contributed by atoms with van der Waals surface area (Å²) in [6.07, 6.45) is 1.70. The predicted molar refractivity (Wildman–Crippen MR) is 80.6 cm³/mol. The molecule has 3 rings (SSSR count). The highest BCUT2D eigenvalue weighted by atomic mass is 16.4. The predicted octanol–water partition coefficient (Wildman–Crippen LogP) is 0.320. The number of aromatic nitrogens is 2. The number of aryl methyl sites for hydroxylation is 1. The van der Waals surface area contributed by atoms with E-state index in [1.807, 2.05) is 17.7 Å². The van der Waals surface area contributed by atoms with Gasteiger partial charge >= 0.3 is 5.97 Å². The van der Waals surface area contributed by atoms with Gasteiger partial charge in [-0.05, 0) is 18.2 Å². The minimum Gasteiger partial charge on any atom is -0.481 e. The van der Waals surface area contributed by atoms with Gasteiger partial charge in [-0.2, -0.15) is 0 Å². The summed E-state index contributed by atoms with van der Waals surface area (Å²) in [5.41, 5.74) is 2.26. The van der Waals surface area contributed by atoms with Gasteiger partial charge in [0.1, 0.15) is 0 Å². The first-order valence-corrected chi connectivity index (χ1v) is 7.20. The molecule has 1 unspecified atom stereocenters. The molecule has 0 radical (unpaired) electrons. The molecule has 1 aliphatic rings. The first kappa shape index (κ1) is 14.5. The third kappa shape index (κ3) is 2.67. The van der Waals surface area contributed by atoms with Gasteiger partial charge in [0.25, 0.3) is 5.91 Å². The molecule has 1 atom stereocenters. The molecule has 0 saturated carbocycles. The number of hydrogen-bond acceptors (Lipinski definition) is 4. The minimum absolute atomic E-state index is 0.150. The van der Waals surface area contributed by atoms with Crippen LogP contribution in [0.5, 0.6) is 0 Å². The van der Waals surface area contributed by atoms with Crippen LogP contribution >= 0.6 is 0 Å². The van der Waals surface area contributed by atoms with Crippen molar-refractivity contribution in [3.8, 4) is 0 Å². The lowest BCUT2D eigenvalue weighted by molar-refractivity contribution is -0.141. The smallest absolute Gasteiger partial charge is 0.309 e. The molecule has 2 N–H and O–H groups in total. The Morgan fingerprint density at radius 3 is 3.00 bits per heavy atom. The van der Waals surface area contributed by atoms with Crippen LogP contribution in [0.25, 0.3) is 11.0 Å². The lowest BCUT2D eigenvalue weighted by Gasteiger charge is -2.22. The van der Waals surface area contributed by atoms with E-state index in [0.29, 0.717) is 25.2 Å². The molecule has 0 aliphatic carbocycles. The standard InChI is InChI=1S/C15H18N4O3/c1-18-9-17-12-6-10(2-3-13(12)18)14(20)19-5-4-16-7-11(8-19)15(21)22/h2-3,6,9,11,16H,4-5,7-8H2,1H3,(H,21,22). The Morgan fingerprint density at radius 1 is 1.41 bits per heavy atom. The van der Waals surface area contributed by atoms with E-state index in [1.165, 1.54) is 0 Å². The van der Waals surface area contributed by atoms with E-state index in [1.54, 1.807) is 23.4 Å². The number of nitrogens with zero attached hydrogens (tertiary/aromatic N) is 3. The van der Waals surface area contributed by atoms with Gasteiger partial charge in [-0.3, -0.25) is 9.59 Å². The number of benzene rings is 1. The minimum atomic E-state index is -0.882. The quantitative estimate of drug-likeness (QED) is 0.834. The molecule has 2 aromatic rings. The molecular weight excluding hydrogens is 284 g/mol. The molecule has 1 aliphatic heterocycles. The molecule has 0 bridgehead atoms. The van der Waals surface area contributed by atoms with Crippen LogP contribution in [-0.2, 0) is 11.8 Å². The van der Waals surface area contributed by atoms with Gasteiger partial charge in [-0.15, -0.1) is 0 Å². The van der Waals surface area contributed by atoms with Crippen molar-refractivity contribution in [2.45, 2.75) is 0 Å². The van der Waals surface area contributed by atoms with Crippen LogP contribution in [-0.4, -0.2) is 57.6 Å². The highest BCUT2D eigenvalue weighted by molar-refractivity contribution is 5.97. The van der Waals surface area contributed by atoms with E-state index < -0.39 is 11.9 Å². The summed E-state index contributed by atoms with van der Waals surface area (Å²) in [7, 11) is 1.90. The van der Waals surface area contributed by atoms with E-state index in [9.17, 15) is 14.7 Å². The summed E-state index contributed by atoms with van der Waals surface area (Å²) >= 11 is 0. The Labute approximate surface area is 127 Å². The highest BCUT2D eigenvalue weighted by Gasteiger charge is 2.27. The van der Waals surface area contributed by atoms with Gasteiger partial charge < -0.3 is 19.9 Å². The van der Waals surface area contributed by atoms with Crippen molar-refractivity contribution in [2.75, 3.05) is 26.2 Å². The maximum atomic E-state index is 12.6. The first-order valence-electron chi connectivity index (χ1n) is 7.20. The second kappa shape index (κ2) is 5.76. The van der Waals surface area contributed by atoms with Crippen molar-refractivity contribution in [3.63, 3.8) is 0 Å². The number of fused-ring (bicyclic) bond motifs is 1. The van der Waals surface area contributed by atoms with E-state index in [2.05, 4.69) is 10.3 Å². The van der Waals surface area contributed by atoms with Crippen LogP contribution in [0.4, 0.5) is 0 Å². The second-order valence-electron chi connectivity index (χ2n) is 5.55. The van der Waals surface area contributed by atoms with Crippen LogP contribution < -0.4 is 5.32 Å². The van der Waals surface area contributed by atoms with Crippen LogP contribution in [0.2, 0.25) is 0 Å². The van der Waals surface area contributed by atoms with Gasteiger partial charge in [0.2, 0.25) is 0 Å². The van der Waals surface area contributed by atoms with Crippen LogP contribution in [0.15, 0.2) is 24.5 Å². The number of carbonyl (C=O) groups excluding carboxylic acids is 1. The average molecular weight is 302 g/mol. The number of nitrogens with one attached hydrogen (secondary N) is 1. The van der Waals surface area contributed by atoms with E-state index >= 15 is 0 Å². The monoisotopic (exact) mass is 302 g/mol. The summed E-state index contributed by atoms with van der Waals surface area (Å²) in [6, 6.07) is 5.38. The highest BCUT2D eigenvalue weighted by Crippen LogP contribution is 2.16. The van der Waals surface area contributed by atoms with Crippen molar-refractivity contribution in [2.24, 2.45) is 13.0 Å². The molecule has 7 nitrogen and oxygen atoms in total. The summed E-state index contributed by atoms with van der Waals surface area (Å²) in [6.45, 7) is 1.71. The number of rotatable bonds is 2. The van der Waals surface area contributed by atoms with Gasteiger partial charge in [0, 0.05) is 38.8 Å². The van der Waals surface area contributed by atoms with Crippen LogP contribution in [0.1, 0.15) is 10.4 Å². The topological polar surface area (TPSA) is 87.5 Å². The third-order valence-electron chi connectivity index (χ3n) is 4.00. The van der Waals surface area contributed by atoms with Crippen LogP contribution in [0, 0.1) is 5.92 Å². The summed E-state index contributed by atoms with van der Waals surface area (Å²) in [4.78, 5) is 29.7. The van der Waals surface area contributed by atoms with Crippen LogP contribution in [0.3, 0.4) is 0 Å². The largest absolute Gasteiger partial charge is 0.481 e. The molecule has 0 spiro atoms. The summed E-state index contributed by atoms with van der Waals surface area (Å²) in [5, 5.41) is 12.2. The molecule has 1 fully saturated rings. The van der Waals surface area contributed by atoms with Crippen molar-refractivity contribution < 1.29 is 14.7 Å². The first-order chi connectivity index (χ1) is 10.6.